The maximum Gasteiger partial charge on any atom is 0.276 e. The van der Waals surface area contributed by atoms with Crippen molar-refractivity contribution in [1.82, 2.24) is 19.8 Å². The maximum atomic E-state index is 12.9. The van der Waals surface area contributed by atoms with E-state index in [4.69, 9.17) is 4.42 Å². The molecular weight excluding hydrogens is 316 g/mol. The quantitative estimate of drug-likeness (QED) is 0.881. The van der Waals surface area contributed by atoms with Crippen molar-refractivity contribution in [1.29, 1.82) is 0 Å². The maximum absolute atomic E-state index is 12.9. The molecule has 2 aromatic heterocycles. The summed E-state index contributed by atoms with van der Waals surface area (Å²) in [6.45, 7) is 6.03. The first-order valence-corrected chi connectivity index (χ1v) is 9.27. The molecule has 0 spiro atoms. The lowest BCUT2D eigenvalue weighted by Crippen LogP contribution is -2.38. The molecule has 2 saturated heterocycles. The molecule has 0 amide bonds. The molecule has 0 saturated carbocycles. The zero-order chi connectivity index (χ0) is 16.2. The number of sulfonamides is 1. The van der Waals surface area contributed by atoms with E-state index in [0.29, 0.717) is 23.9 Å². The van der Waals surface area contributed by atoms with Crippen LogP contribution in [-0.4, -0.2) is 48.6 Å². The van der Waals surface area contributed by atoms with E-state index < -0.39 is 10.0 Å². The summed E-state index contributed by atoms with van der Waals surface area (Å²) < 4.78 is 33.0. The van der Waals surface area contributed by atoms with Gasteiger partial charge in [0, 0.05) is 30.4 Å². The second-order valence-electron chi connectivity index (χ2n) is 6.33. The van der Waals surface area contributed by atoms with Gasteiger partial charge in [0.15, 0.2) is 5.76 Å². The summed E-state index contributed by atoms with van der Waals surface area (Å²) in [6, 6.07) is 3.25. The van der Waals surface area contributed by atoms with Gasteiger partial charge in [0.1, 0.15) is 5.69 Å². The monoisotopic (exact) mass is 336 g/mol. The highest BCUT2D eigenvalue weighted by Gasteiger charge is 2.44. The molecule has 2 aliphatic heterocycles. The Labute approximate surface area is 135 Å². The first-order valence-electron chi connectivity index (χ1n) is 7.83. The van der Waals surface area contributed by atoms with E-state index in [-0.39, 0.29) is 11.1 Å². The normalized spacial score (nSPS) is 25.1. The van der Waals surface area contributed by atoms with E-state index in [1.165, 1.54) is 6.07 Å². The highest BCUT2D eigenvalue weighted by atomic mass is 32.2. The largest absolute Gasteiger partial charge is 0.442 e. The van der Waals surface area contributed by atoms with Gasteiger partial charge in [0.05, 0.1) is 0 Å². The van der Waals surface area contributed by atoms with Gasteiger partial charge in [-0.25, -0.2) is 8.42 Å². The summed E-state index contributed by atoms with van der Waals surface area (Å²) in [5, 5.41) is 10.4. The minimum Gasteiger partial charge on any atom is -0.442 e. The summed E-state index contributed by atoms with van der Waals surface area (Å²) in [5.74, 6) is 0.890. The second-order valence-corrected chi connectivity index (χ2v) is 8.15. The van der Waals surface area contributed by atoms with Crippen LogP contribution in [0.1, 0.15) is 17.7 Å². The van der Waals surface area contributed by atoms with E-state index in [2.05, 4.69) is 15.5 Å². The van der Waals surface area contributed by atoms with Crippen molar-refractivity contribution in [3.05, 3.63) is 23.4 Å². The Morgan fingerprint density at radius 3 is 2.87 bits per heavy atom. The van der Waals surface area contributed by atoms with Crippen LogP contribution >= 0.6 is 0 Å². The molecule has 2 fully saturated rings. The predicted octanol–water partition coefficient (Wildman–Crippen LogP) is 1.27. The lowest BCUT2D eigenvalue weighted by Gasteiger charge is -2.21. The van der Waals surface area contributed by atoms with Crippen LogP contribution in [0.15, 0.2) is 21.6 Å². The highest BCUT2D eigenvalue weighted by molar-refractivity contribution is 7.89. The number of nitrogens with one attached hydrogen (secondary N) is 2. The fraction of sp³-hybridized carbons (Fsp3) is 0.533. The van der Waals surface area contributed by atoms with Gasteiger partial charge in [-0.1, -0.05) is 0 Å². The zero-order valence-corrected chi connectivity index (χ0v) is 14.0. The van der Waals surface area contributed by atoms with Gasteiger partial charge in [-0.15, -0.1) is 0 Å². The Kier molecular flexibility index (Phi) is 3.36. The number of aromatic nitrogens is 2. The van der Waals surface area contributed by atoms with Crippen LogP contribution in [0.5, 0.6) is 0 Å². The van der Waals surface area contributed by atoms with Crippen LogP contribution < -0.4 is 5.32 Å². The van der Waals surface area contributed by atoms with Gasteiger partial charge in [-0.05, 0) is 44.9 Å². The number of H-pyrrole nitrogens is 1. The molecule has 2 unspecified atom stereocenters. The number of aromatic amines is 1. The van der Waals surface area contributed by atoms with Gasteiger partial charge in [0.2, 0.25) is 5.09 Å². The average molecular weight is 336 g/mol. The van der Waals surface area contributed by atoms with Crippen molar-refractivity contribution < 1.29 is 12.8 Å². The van der Waals surface area contributed by atoms with E-state index in [1.807, 2.05) is 13.8 Å². The molecule has 124 valence electrons. The lowest BCUT2D eigenvalue weighted by molar-refractivity contribution is 0.362. The third-order valence-electron chi connectivity index (χ3n) is 5.03. The molecule has 2 aliphatic rings. The van der Waals surface area contributed by atoms with Gasteiger partial charge >= 0.3 is 0 Å². The molecule has 23 heavy (non-hydrogen) atoms. The first kappa shape index (κ1) is 14.9. The van der Waals surface area contributed by atoms with Crippen molar-refractivity contribution >= 4 is 10.0 Å². The predicted molar refractivity (Wildman–Crippen MR) is 84.4 cm³/mol. The Morgan fingerprint density at radius 2 is 2.13 bits per heavy atom. The van der Waals surface area contributed by atoms with Crippen molar-refractivity contribution in [2.75, 3.05) is 19.6 Å². The first-order chi connectivity index (χ1) is 11.0. The summed E-state index contributed by atoms with van der Waals surface area (Å²) in [4.78, 5) is 0. The molecule has 7 nitrogen and oxygen atoms in total. The summed E-state index contributed by atoms with van der Waals surface area (Å²) >= 11 is 0. The summed E-state index contributed by atoms with van der Waals surface area (Å²) in [5.41, 5.74) is 2.57. The Bertz CT molecular complexity index is 839. The number of hydrogen-bond donors (Lipinski definition) is 2. The van der Waals surface area contributed by atoms with Crippen LogP contribution in [0.3, 0.4) is 0 Å². The van der Waals surface area contributed by atoms with Crippen LogP contribution in [0.2, 0.25) is 0 Å². The Hall–Kier alpha value is -1.64. The highest BCUT2D eigenvalue weighted by Crippen LogP contribution is 2.34. The fourth-order valence-electron chi connectivity index (χ4n) is 3.53. The Morgan fingerprint density at radius 1 is 1.30 bits per heavy atom. The second kappa shape index (κ2) is 5.19. The third kappa shape index (κ3) is 2.24. The topological polar surface area (TPSA) is 91.2 Å². The van der Waals surface area contributed by atoms with E-state index >= 15 is 0 Å². The van der Waals surface area contributed by atoms with Gasteiger partial charge in [-0.2, -0.15) is 9.40 Å². The Balaban J connectivity index is 1.67. The minimum atomic E-state index is -3.60. The minimum absolute atomic E-state index is 0.0000954. The van der Waals surface area contributed by atoms with Gasteiger partial charge in [0.25, 0.3) is 10.0 Å². The number of nitrogens with zero attached hydrogens (tertiary/aromatic N) is 2. The molecule has 2 N–H and O–H groups in total. The average Bonchev–Trinajstić information content (AvgIpc) is 3.24. The number of furan rings is 1. The number of fused-ring (bicyclic) bond motifs is 1. The third-order valence-corrected chi connectivity index (χ3v) is 6.82. The SMILES string of the molecule is Cc1[nH]nc(-c2ccc(S(=O)(=O)N3CCC4CNCC43)o2)c1C. The van der Waals surface area contributed by atoms with Crippen molar-refractivity contribution in [3.8, 4) is 11.5 Å². The molecule has 0 aromatic carbocycles. The summed E-state index contributed by atoms with van der Waals surface area (Å²) in [6.07, 6.45) is 0.905. The molecule has 0 bridgehead atoms. The number of rotatable bonds is 3. The van der Waals surface area contributed by atoms with Crippen molar-refractivity contribution in [2.24, 2.45) is 5.92 Å². The van der Waals surface area contributed by atoms with Gasteiger partial charge in [-0.3, -0.25) is 5.10 Å². The molecule has 2 atom stereocenters. The van der Waals surface area contributed by atoms with E-state index in [1.54, 1.807) is 10.4 Å². The van der Waals surface area contributed by atoms with Crippen LogP contribution in [-0.2, 0) is 10.0 Å². The van der Waals surface area contributed by atoms with Gasteiger partial charge < -0.3 is 9.73 Å². The number of aryl methyl sites for hydroxylation is 1. The zero-order valence-electron chi connectivity index (χ0n) is 13.2. The molecule has 2 aromatic rings. The molecule has 4 heterocycles. The van der Waals surface area contributed by atoms with Crippen LogP contribution in [0, 0.1) is 19.8 Å². The summed E-state index contributed by atoms with van der Waals surface area (Å²) in [7, 11) is -3.60. The van der Waals surface area contributed by atoms with Crippen molar-refractivity contribution in [3.63, 3.8) is 0 Å². The van der Waals surface area contributed by atoms with Crippen LogP contribution in [0.4, 0.5) is 0 Å². The van der Waals surface area contributed by atoms with E-state index in [9.17, 15) is 8.42 Å². The molecule has 8 heteroatoms. The van der Waals surface area contributed by atoms with Crippen LogP contribution in [0.25, 0.3) is 11.5 Å². The molecule has 4 rings (SSSR count). The number of hydrogen-bond acceptors (Lipinski definition) is 5. The molecular formula is C15H20N4O3S. The fourth-order valence-corrected chi connectivity index (χ4v) is 5.15. The lowest BCUT2D eigenvalue weighted by atomic mass is 10.1. The molecule has 0 radical (unpaired) electrons. The standard InChI is InChI=1S/C15H20N4O3S/c1-9-10(2)17-18-15(9)13-3-4-14(22-13)23(20,21)19-6-5-11-7-16-8-12(11)19/h3-4,11-12,16H,5-8H2,1-2H3,(H,17,18). The van der Waals surface area contributed by atoms with Crippen molar-refractivity contribution in [2.45, 2.75) is 31.4 Å². The molecule has 0 aliphatic carbocycles. The smallest absolute Gasteiger partial charge is 0.276 e. The van der Waals surface area contributed by atoms with E-state index in [0.717, 1.165) is 30.8 Å².